The van der Waals surface area contributed by atoms with Gasteiger partial charge in [-0.05, 0) is 25.0 Å². The van der Waals surface area contributed by atoms with Gasteiger partial charge in [0.2, 0.25) is 0 Å². The Balaban J connectivity index is 2.99. The molecule has 1 aromatic rings. The minimum absolute atomic E-state index is 0.332. The summed E-state index contributed by atoms with van der Waals surface area (Å²) in [4.78, 5) is 0. The molecule has 0 heterocycles. The number of benzene rings is 1. The van der Waals surface area contributed by atoms with Crippen molar-refractivity contribution in [2.75, 3.05) is 0 Å². The van der Waals surface area contributed by atoms with E-state index in [1.54, 1.807) is 12.1 Å². The van der Waals surface area contributed by atoms with Crippen LogP contribution in [0.1, 0.15) is 31.4 Å². The molecule has 1 rings (SSSR count). The Bertz CT molecular complexity index is 359. The van der Waals surface area contributed by atoms with Gasteiger partial charge in [0.1, 0.15) is 5.82 Å². The maximum atomic E-state index is 13.6. The van der Waals surface area contributed by atoms with Gasteiger partial charge in [-0.3, -0.25) is 11.3 Å². The molecular formula is C12H16ClFN2. The Morgan fingerprint density at radius 2 is 2.31 bits per heavy atom. The second-order valence-corrected chi connectivity index (χ2v) is 4.07. The molecule has 2 nitrogen and oxygen atoms in total. The molecular weight excluding hydrogens is 227 g/mol. The van der Waals surface area contributed by atoms with Crippen LogP contribution >= 0.6 is 11.6 Å². The van der Waals surface area contributed by atoms with Gasteiger partial charge in [0.15, 0.2) is 0 Å². The lowest BCUT2D eigenvalue weighted by Gasteiger charge is -2.19. The lowest BCUT2D eigenvalue weighted by molar-refractivity contribution is 0.506. The highest BCUT2D eigenvalue weighted by molar-refractivity contribution is 6.31. The highest BCUT2D eigenvalue weighted by Crippen LogP contribution is 2.29. The van der Waals surface area contributed by atoms with Crippen molar-refractivity contribution in [1.82, 2.24) is 5.43 Å². The van der Waals surface area contributed by atoms with Crippen molar-refractivity contribution < 1.29 is 4.39 Å². The Kier molecular flexibility index (Phi) is 4.93. The smallest absolute Gasteiger partial charge is 0.129 e. The molecule has 0 saturated heterocycles. The van der Waals surface area contributed by atoms with Crippen LogP contribution in [0.15, 0.2) is 30.4 Å². The molecule has 0 bridgehead atoms. The minimum Gasteiger partial charge on any atom is -0.271 e. The van der Waals surface area contributed by atoms with Gasteiger partial charge in [0.05, 0.1) is 6.04 Å². The molecule has 0 spiro atoms. The second kappa shape index (κ2) is 5.99. The third-order valence-electron chi connectivity index (χ3n) is 2.54. The number of nitrogens with two attached hydrogens (primary N) is 1. The molecule has 16 heavy (non-hydrogen) atoms. The third-order valence-corrected chi connectivity index (χ3v) is 2.87. The molecule has 0 radical (unpaired) electrons. The van der Waals surface area contributed by atoms with Crippen LogP contribution in [0.4, 0.5) is 4.39 Å². The normalized spacial score (nSPS) is 12.5. The zero-order valence-electron chi connectivity index (χ0n) is 9.26. The first kappa shape index (κ1) is 13.2. The summed E-state index contributed by atoms with van der Waals surface area (Å²) in [7, 11) is 0. The summed E-state index contributed by atoms with van der Waals surface area (Å²) >= 11 is 5.96. The molecule has 0 saturated carbocycles. The number of hydrazine groups is 1. The SMILES string of the molecule is C=C(CC)CC(NN)c1c(F)cccc1Cl. The predicted molar refractivity (Wildman–Crippen MR) is 65.5 cm³/mol. The molecule has 88 valence electrons. The monoisotopic (exact) mass is 242 g/mol. The molecule has 0 amide bonds. The summed E-state index contributed by atoms with van der Waals surface area (Å²) in [5.41, 5.74) is 3.99. The summed E-state index contributed by atoms with van der Waals surface area (Å²) in [6, 6.07) is 4.27. The van der Waals surface area contributed by atoms with Crippen LogP contribution in [0.3, 0.4) is 0 Å². The van der Waals surface area contributed by atoms with E-state index in [4.69, 9.17) is 17.4 Å². The van der Waals surface area contributed by atoms with Crippen LogP contribution in [0.25, 0.3) is 0 Å². The molecule has 0 aliphatic carbocycles. The maximum absolute atomic E-state index is 13.6. The number of hydrogen-bond donors (Lipinski definition) is 2. The molecule has 1 aromatic carbocycles. The van der Waals surface area contributed by atoms with E-state index in [0.29, 0.717) is 17.0 Å². The highest BCUT2D eigenvalue weighted by Gasteiger charge is 2.18. The molecule has 0 aliphatic heterocycles. The van der Waals surface area contributed by atoms with E-state index in [-0.39, 0.29) is 11.9 Å². The molecule has 1 unspecified atom stereocenters. The van der Waals surface area contributed by atoms with E-state index in [1.165, 1.54) is 6.07 Å². The van der Waals surface area contributed by atoms with E-state index >= 15 is 0 Å². The molecule has 0 fully saturated rings. The average Bonchev–Trinajstić information content (AvgIpc) is 2.27. The van der Waals surface area contributed by atoms with Gasteiger partial charge in [0.25, 0.3) is 0 Å². The second-order valence-electron chi connectivity index (χ2n) is 3.66. The Morgan fingerprint density at radius 3 is 2.81 bits per heavy atom. The van der Waals surface area contributed by atoms with Crippen LogP contribution in [-0.4, -0.2) is 0 Å². The van der Waals surface area contributed by atoms with Crippen molar-refractivity contribution in [3.63, 3.8) is 0 Å². The van der Waals surface area contributed by atoms with Crippen LogP contribution in [0.2, 0.25) is 5.02 Å². The van der Waals surface area contributed by atoms with Crippen molar-refractivity contribution in [3.05, 3.63) is 46.8 Å². The van der Waals surface area contributed by atoms with E-state index < -0.39 is 0 Å². The standard InChI is InChI=1S/C12H16ClFN2/c1-3-8(2)7-11(16-15)12-9(13)5-4-6-10(12)14/h4-6,11,16H,2-3,7,15H2,1H3. The van der Waals surface area contributed by atoms with Crippen molar-refractivity contribution >= 4 is 11.6 Å². The number of nitrogens with one attached hydrogen (secondary N) is 1. The summed E-state index contributed by atoms with van der Waals surface area (Å²) in [5.74, 6) is 5.08. The largest absolute Gasteiger partial charge is 0.271 e. The van der Waals surface area contributed by atoms with Crippen LogP contribution in [-0.2, 0) is 0 Å². The minimum atomic E-state index is -0.348. The predicted octanol–water partition coefficient (Wildman–Crippen LogP) is 3.34. The average molecular weight is 243 g/mol. The molecule has 3 N–H and O–H groups in total. The van der Waals surface area contributed by atoms with Gasteiger partial charge in [-0.1, -0.05) is 36.7 Å². The van der Waals surface area contributed by atoms with Crippen molar-refractivity contribution in [3.8, 4) is 0 Å². The number of hydrogen-bond acceptors (Lipinski definition) is 2. The zero-order valence-corrected chi connectivity index (χ0v) is 10.0. The van der Waals surface area contributed by atoms with Gasteiger partial charge < -0.3 is 0 Å². The summed E-state index contributed by atoms with van der Waals surface area (Å²) in [6.07, 6.45) is 1.41. The fraction of sp³-hybridized carbons (Fsp3) is 0.333. The molecule has 1 atom stereocenters. The quantitative estimate of drug-likeness (QED) is 0.472. The Hall–Kier alpha value is -0.900. The summed E-state index contributed by atoms with van der Waals surface area (Å²) in [5, 5.41) is 0.381. The summed E-state index contributed by atoms with van der Waals surface area (Å²) < 4.78 is 13.6. The van der Waals surface area contributed by atoms with Crippen LogP contribution < -0.4 is 11.3 Å². The number of rotatable bonds is 5. The first-order valence-corrected chi connectivity index (χ1v) is 5.54. The fourth-order valence-electron chi connectivity index (χ4n) is 1.52. The lowest BCUT2D eigenvalue weighted by atomic mass is 9.98. The van der Waals surface area contributed by atoms with E-state index in [1.807, 2.05) is 6.92 Å². The van der Waals surface area contributed by atoms with Crippen LogP contribution in [0.5, 0.6) is 0 Å². The number of halogens is 2. The maximum Gasteiger partial charge on any atom is 0.129 e. The van der Waals surface area contributed by atoms with Gasteiger partial charge in [-0.25, -0.2) is 4.39 Å². The van der Waals surface area contributed by atoms with Gasteiger partial charge in [0, 0.05) is 10.6 Å². The van der Waals surface area contributed by atoms with E-state index in [9.17, 15) is 4.39 Å². The topological polar surface area (TPSA) is 38.0 Å². The molecule has 4 heteroatoms. The van der Waals surface area contributed by atoms with Crippen molar-refractivity contribution in [2.45, 2.75) is 25.8 Å². The van der Waals surface area contributed by atoms with Crippen LogP contribution in [0, 0.1) is 5.82 Å². The molecule has 0 aromatic heterocycles. The Labute approximate surface area is 100 Å². The van der Waals surface area contributed by atoms with Gasteiger partial charge in [-0.15, -0.1) is 0 Å². The van der Waals surface area contributed by atoms with Crippen molar-refractivity contribution in [2.24, 2.45) is 5.84 Å². The van der Waals surface area contributed by atoms with Gasteiger partial charge in [-0.2, -0.15) is 0 Å². The first-order valence-electron chi connectivity index (χ1n) is 5.16. The lowest BCUT2D eigenvalue weighted by Crippen LogP contribution is -2.29. The third kappa shape index (κ3) is 3.04. The first-order chi connectivity index (χ1) is 7.60. The Morgan fingerprint density at radius 1 is 1.62 bits per heavy atom. The van der Waals surface area contributed by atoms with Gasteiger partial charge >= 0.3 is 0 Å². The fourth-order valence-corrected chi connectivity index (χ4v) is 1.82. The van der Waals surface area contributed by atoms with E-state index in [2.05, 4.69) is 12.0 Å². The molecule has 0 aliphatic rings. The summed E-state index contributed by atoms with van der Waals surface area (Å²) in [6.45, 7) is 5.88. The van der Waals surface area contributed by atoms with E-state index in [0.717, 1.165) is 12.0 Å². The highest BCUT2D eigenvalue weighted by atomic mass is 35.5. The zero-order chi connectivity index (χ0) is 12.1. The van der Waals surface area contributed by atoms with Crippen molar-refractivity contribution in [1.29, 1.82) is 0 Å².